The molecule has 0 saturated carbocycles. The number of hydrogen-bond acceptors (Lipinski definition) is 2. The van der Waals surface area contributed by atoms with Crippen molar-refractivity contribution in [1.29, 1.82) is 5.26 Å². The fourth-order valence-corrected chi connectivity index (χ4v) is 2.23. The summed E-state index contributed by atoms with van der Waals surface area (Å²) in [6.45, 7) is 2.10. The van der Waals surface area contributed by atoms with E-state index in [2.05, 4.69) is 12.2 Å². The van der Waals surface area contributed by atoms with Crippen LogP contribution in [0.3, 0.4) is 0 Å². The van der Waals surface area contributed by atoms with Crippen molar-refractivity contribution >= 4 is 5.91 Å². The molecule has 0 saturated heterocycles. The molecule has 0 aliphatic heterocycles. The smallest absolute Gasteiger partial charge is 0.251 e. The van der Waals surface area contributed by atoms with E-state index >= 15 is 0 Å². The lowest BCUT2D eigenvalue weighted by molar-refractivity contribution is 0.0934. The fraction of sp³-hybridized carbons (Fsp3) is 0.222. The van der Waals surface area contributed by atoms with Gasteiger partial charge in [-0.15, -0.1) is 0 Å². The largest absolute Gasteiger partial charge is 0.345 e. The van der Waals surface area contributed by atoms with Crippen LogP contribution in [-0.2, 0) is 0 Å². The van der Waals surface area contributed by atoms with E-state index in [1.165, 1.54) is 0 Å². The highest BCUT2D eigenvalue weighted by molar-refractivity contribution is 5.94. The zero-order chi connectivity index (χ0) is 15.1. The van der Waals surface area contributed by atoms with Crippen molar-refractivity contribution in [2.24, 2.45) is 0 Å². The summed E-state index contributed by atoms with van der Waals surface area (Å²) in [4.78, 5) is 12.3. The Morgan fingerprint density at radius 3 is 2.38 bits per heavy atom. The van der Waals surface area contributed by atoms with Gasteiger partial charge in [-0.25, -0.2) is 0 Å². The van der Waals surface area contributed by atoms with E-state index in [1.54, 1.807) is 24.3 Å². The second-order valence-corrected chi connectivity index (χ2v) is 4.91. The third kappa shape index (κ3) is 3.93. The quantitative estimate of drug-likeness (QED) is 0.903. The zero-order valence-electron chi connectivity index (χ0n) is 12.0. The van der Waals surface area contributed by atoms with Gasteiger partial charge in [0, 0.05) is 5.56 Å². The number of carbonyl (C=O) groups excluding carboxylic acids is 1. The lowest BCUT2D eigenvalue weighted by Gasteiger charge is -2.18. The van der Waals surface area contributed by atoms with Crippen molar-refractivity contribution in [3.8, 4) is 6.07 Å². The Balaban J connectivity index is 2.13. The second kappa shape index (κ2) is 7.25. The Morgan fingerprint density at radius 1 is 1.14 bits per heavy atom. The average molecular weight is 278 g/mol. The number of nitriles is 1. The summed E-state index contributed by atoms with van der Waals surface area (Å²) in [5.74, 6) is -0.109. The summed E-state index contributed by atoms with van der Waals surface area (Å²) >= 11 is 0. The van der Waals surface area contributed by atoms with Gasteiger partial charge >= 0.3 is 0 Å². The Bertz CT molecular complexity index is 627. The molecule has 1 N–H and O–H groups in total. The molecule has 2 aromatic carbocycles. The lowest BCUT2D eigenvalue weighted by atomic mass is 10.0. The van der Waals surface area contributed by atoms with Gasteiger partial charge in [0.05, 0.1) is 17.7 Å². The second-order valence-electron chi connectivity index (χ2n) is 4.91. The number of benzene rings is 2. The molecular weight excluding hydrogens is 260 g/mol. The lowest BCUT2D eigenvalue weighted by Crippen LogP contribution is -2.28. The highest BCUT2D eigenvalue weighted by Crippen LogP contribution is 2.19. The van der Waals surface area contributed by atoms with Crippen LogP contribution >= 0.6 is 0 Å². The van der Waals surface area contributed by atoms with Crippen molar-refractivity contribution in [2.75, 3.05) is 0 Å². The fourth-order valence-electron chi connectivity index (χ4n) is 2.23. The van der Waals surface area contributed by atoms with E-state index in [4.69, 9.17) is 5.26 Å². The van der Waals surface area contributed by atoms with Gasteiger partial charge < -0.3 is 5.32 Å². The first-order valence-electron chi connectivity index (χ1n) is 7.10. The van der Waals surface area contributed by atoms with Crippen LogP contribution in [0.25, 0.3) is 0 Å². The van der Waals surface area contributed by atoms with Crippen LogP contribution in [0.15, 0.2) is 54.6 Å². The maximum absolute atomic E-state index is 12.3. The molecule has 0 bridgehead atoms. The van der Waals surface area contributed by atoms with E-state index in [0.717, 1.165) is 18.4 Å². The molecule has 0 aromatic heterocycles. The zero-order valence-corrected chi connectivity index (χ0v) is 12.0. The van der Waals surface area contributed by atoms with Crippen LogP contribution in [0.4, 0.5) is 0 Å². The molecule has 3 heteroatoms. The number of nitrogens with one attached hydrogen (secondary N) is 1. The van der Waals surface area contributed by atoms with Crippen LogP contribution in [0.1, 0.15) is 47.3 Å². The Morgan fingerprint density at radius 2 is 1.81 bits per heavy atom. The molecule has 3 nitrogen and oxygen atoms in total. The maximum atomic E-state index is 12.3. The van der Waals surface area contributed by atoms with E-state index in [1.807, 2.05) is 36.4 Å². The third-order valence-electron chi connectivity index (χ3n) is 3.36. The van der Waals surface area contributed by atoms with Crippen molar-refractivity contribution in [2.45, 2.75) is 25.8 Å². The van der Waals surface area contributed by atoms with Crippen LogP contribution in [-0.4, -0.2) is 5.91 Å². The molecule has 2 rings (SSSR count). The Kier molecular flexibility index (Phi) is 5.11. The summed E-state index contributed by atoms with van der Waals surface area (Å²) in [6.07, 6.45) is 1.89. The van der Waals surface area contributed by atoms with Crippen LogP contribution in [0.2, 0.25) is 0 Å². The number of amides is 1. The normalized spacial score (nSPS) is 11.4. The molecule has 21 heavy (non-hydrogen) atoms. The van der Waals surface area contributed by atoms with Crippen molar-refractivity contribution < 1.29 is 4.79 Å². The SMILES string of the molecule is CCC[C@@H](NC(=O)c1ccc(C#N)cc1)c1ccccc1. The van der Waals surface area contributed by atoms with Gasteiger partial charge in [-0.3, -0.25) is 4.79 Å². The minimum Gasteiger partial charge on any atom is -0.345 e. The molecule has 1 amide bonds. The van der Waals surface area contributed by atoms with Crippen molar-refractivity contribution in [3.05, 3.63) is 71.3 Å². The van der Waals surface area contributed by atoms with Gasteiger partial charge in [0.15, 0.2) is 0 Å². The molecule has 0 fully saturated rings. The van der Waals surface area contributed by atoms with Crippen LogP contribution in [0, 0.1) is 11.3 Å². The van der Waals surface area contributed by atoms with E-state index < -0.39 is 0 Å². The third-order valence-corrected chi connectivity index (χ3v) is 3.36. The monoisotopic (exact) mass is 278 g/mol. The van der Waals surface area contributed by atoms with Gasteiger partial charge in [0.1, 0.15) is 0 Å². The summed E-state index contributed by atoms with van der Waals surface area (Å²) in [6, 6.07) is 18.7. The van der Waals surface area contributed by atoms with Gasteiger partial charge in [-0.2, -0.15) is 5.26 Å². The minimum absolute atomic E-state index is 0.0133. The molecule has 2 aromatic rings. The molecule has 0 heterocycles. The van der Waals surface area contributed by atoms with Crippen LogP contribution < -0.4 is 5.32 Å². The first-order chi connectivity index (χ1) is 10.2. The number of carbonyl (C=O) groups is 1. The average Bonchev–Trinajstić information content (AvgIpc) is 2.55. The summed E-state index contributed by atoms with van der Waals surface area (Å²) in [5.41, 5.74) is 2.24. The molecule has 0 aliphatic rings. The summed E-state index contributed by atoms with van der Waals surface area (Å²) in [7, 11) is 0. The molecule has 0 unspecified atom stereocenters. The molecule has 106 valence electrons. The van der Waals surface area contributed by atoms with Crippen LogP contribution in [0.5, 0.6) is 0 Å². The first-order valence-corrected chi connectivity index (χ1v) is 7.10. The Hall–Kier alpha value is -2.60. The van der Waals surface area contributed by atoms with Crippen molar-refractivity contribution in [1.82, 2.24) is 5.32 Å². The van der Waals surface area contributed by atoms with Crippen molar-refractivity contribution in [3.63, 3.8) is 0 Å². The standard InChI is InChI=1S/C18H18N2O/c1-2-6-17(15-7-4-3-5-8-15)20-18(21)16-11-9-14(13-19)10-12-16/h3-5,7-12,17H,2,6H2,1H3,(H,20,21)/t17-/m1/s1. The van der Waals surface area contributed by atoms with E-state index in [0.29, 0.717) is 11.1 Å². The predicted octanol–water partition coefficient (Wildman–Crippen LogP) is 3.83. The molecule has 0 aliphatic carbocycles. The maximum Gasteiger partial charge on any atom is 0.251 e. The Labute approximate surface area is 125 Å². The summed E-state index contributed by atoms with van der Waals surface area (Å²) in [5, 5.41) is 11.8. The predicted molar refractivity (Wildman–Crippen MR) is 82.7 cm³/mol. The highest BCUT2D eigenvalue weighted by atomic mass is 16.1. The minimum atomic E-state index is -0.109. The van der Waals surface area contributed by atoms with Gasteiger partial charge in [-0.1, -0.05) is 43.7 Å². The number of rotatable bonds is 5. The highest BCUT2D eigenvalue weighted by Gasteiger charge is 2.14. The van der Waals surface area contributed by atoms with E-state index in [9.17, 15) is 4.79 Å². The number of hydrogen-bond donors (Lipinski definition) is 1. The first kappa shape index (κ1) is 14.8. The van der Waals surface area contributed by atoms with Gasteiger partial charge in [0.2, 0.25) is 0 Å². The van der Waals surface area contributed by atoms with E-state index in [-0.39, 0.29) is 11.9 Å². The molecule has 0 spiro atoms. The number of nitrogens with zero attached hydrogens (tertiary/aromatic N) is 1. The van der Waals surface area contributed by atoms with Gasteiger partial charge in [0.25, 0.3) is 5.91 Å². The molecule has 0 radical (unpaired) electrons. The summed E-state index contributed by atoms with van der Waals surface area (Å²) < 4.78 is 0. The molecular formula is C18H18N2O. The van der Waals surface area contributed by atoms with Gasteiger partial charge in [-0.05, 0) is 36.2 Å². The topological polar surface area (TPSA) is 52.9 Å². The molecule has 1 atom stereocenters.